The van der Waals surface area contributed by atoms with E-state index >= 15 is 0 Å². The van der Waals surface area contributed by atoms with E-state index in [0.717, 1.165) is 16.9 Å². The zero-order valence-electron chi connectivity index (χ0n) is 14.2. The first kappa shape index (κ1) is 17.1. The lowest BCUT2D eigenvalue weighted by Gasteiger charge is -2.32. The molecule has 25 heavy (non-hydrogen) atoms. The third-order valence-electron chi connectivity index (χ3n) is 4.32. The Balaban J connectivity index is 1.78. The highest BCUT2D eigenvalue weighted by Crippen LogP contribution is 2.15. The van der Waals surface area contributed by atoms with Crippen LogP contribution in [0.1, 0.15) is 17.0 Å². The first-order chi connectivity index (χ1) is 12.0. The van der Waals surface area contributed by atoms with Crippen LogP contribution in [0, 0.1) is 13.8 Å². The number of nitrogens with zero attached hydrogens (tertiary/aromatic N) is 4. The first-order valence-electron chi connectivity index (χ1n) is 8.05. The molecule has 132 valence electrons. The fourth-order valence-electron chi connectivity index (χ4n) is 2.81. The molecule has 0 bridgehead atoms. The van der Waals surface area contributed by atoms with Crippen molar-refractivity contribution in [3.05, 3.63) is 41.2 Å². The van der Waals surface area contributed by atoms with Gasteiger partial charge in [0.15, 0.2) is 6.04 Å². The minimum absolute atomic E-state index is 0.0100. The smallest absolute Gasteiger partial charge is 0.328 e. The van der Waals surface area contributed by atoms with Crippen LogP contribution in [0.2, 0.25) is 0 Å². The largest absolute Gasteiger partial charge is 0.480 e. The van der Waals surface area contributed by atoms with Gasteiger partial charge in [-0.25, -0.2) is 9.48 Å². The van der Waals surface area contributed by atoms with Gasteiger partial charge in [-0.2, -0.15) is 0 Å². The van der Waals surface area contributed by atoms with Gasteiger partial charge in [0, 0.05) is 6.54 Å². The standard InChI is InChI=1S/C17H20N4O4/c1-11-3-5-13(6-4-11)21-12(2)14(18-19-21)9-16(22)20-7-8-25-10-15(20)17(23)24/h3-6,15H,7-10H2,1-2H3,(H,23,24)/t15-/m0/s1. The second kappa shape index (κ2) is 7.02. The summed E-state index contributed by atoms with van der Waals surface area (Å²) >= 11 is 0. The first-order valence-corrected chi connectivity index (χ1v) is 8.05. The zero-order valence-corrected chi connectivity index (χ0v) is 14.2. The molecule has 1 aromatic carbocycles. The molecule has 1 aliphatic rings. The molecule has 3 rings (SSSR count). The Kier molecular flexibility index (Phi) is 4.80. The molecule has 1 amide bonds. The van der Waals surface area contributed by atoms with Gasteiger partial charge >= 0.3 is 5.97 Å². The Morgan fingerprint density at radius 2 is 2.00 bits per heavy atom. The maximum atomic E-state index is 12.6. The SMILES string of the molecule is Cc1ccc(-n2nnc(CC(=O)N3CCOC[C@H]3C(=O)O)c2C)cc1. The fourth-order valence-corrected chi connectivity index (χ4v) is 2.81. The summed E-state index contributed by atoms with van der Waals surface area (Å²) in [5.74, 6) is -1.34. The number of carboxylic acids is 1. The van der Waals surface area contributed by atoms with Gasteiger partial charge < -0.3 is 14.7 Å². The number of hydrogen-bond acceptors (Lipinski definition) is 5. The van der Waals surface area contributed by atoms with Crippen molar-refractivity contribution in [3.63, 3.8) is 0 Å². The molecule has 1 saturated heterocycles. The van der Waals surface area contributed by atoms with Gasteiger partial charge in [-0.3, -0.25) is 4.79 Å². The van der Waals surface area contributed by atoms with Gasteiger partial charge in [-0.1, -0.05) is 22.9 Å². The summed E-state index contributed by atoms with van der Waals surface area (Å²) < 4.78 is 6.84. The minimum atomic E-state index is -1.06. The van der Waals surface area contributed by atoms with Gasteiger partial charge in [-0.15, -0.1) is 5.10 Å². The number of morpholine rings is 1. The lowest BCUT2D eigenvalue weighted by atomic mass is 10.1. The summed E-state index contributed by atoms with van der Waals surface area (Å²) in [5, 5.41) is 17.5. The maximum Gasteiger partial charge on any atom is 0.328 e. The number of amides is 1. The molecular weight excluding hydrogens is 324 g/mol. The van der Waals surface area contributed by atoms with Crippen LogP contribution in [-0.2, 0) is 20.7 Å². The van der Waals surface area contributed by atoms with E-state index in [4.69, 9.17) is 4.74 Å². The van der Waals surface area contributed by atoms with Gasteiger partial charge in [-0.05, 0) is 26.0 Å². The lowest BCUT2D eigenvalue weighted by molar-refractivity contribution is -0.158. The number of carboxylic acid groups (broad SMARTS) is 1. The van der Waals surface area contributed by atoms with Crippen molar-refractivity contribution >= 4 is 11.9 Å². The van der Waals surface area contributed by atoms with E-state index in [9.17, 15) is 14.7 Å². The maximum absolute atomic E-state index is 12.6. The van der Waals surface area contributed by atoms with Crippen molar-refractivity contribution in [2.24, 2.45) is 0 Å². The summed E-state index contributed by atoms with van der Waals surface area (Å²) in [7, 11) is 0. The summed E-state index contributed by atoms with van der Waals surface area (Å²) in [4.78, 5) is 25.2. The fraction of sp³-hybridized carbons (Fsp3) is 0.412. The minimum Gasteiger partial charge on any atom is -0.480 e. The Morgan fingerprint density at radius 1 is 1.28 bits per heavy atom. The molecule has 1 N–H and O–H groups in total. The summed E-state index contributed by atoms with van der Waals surface area (Å²) in [5.41, 5.74) is 3.31. The molecule has 8 nitrogen and oxygen atoms in total. The number of aryl methyl sites for hydroxylation is 1. The molecule has 0 aliphatic carbocycles. The van der Waals surface area contributed by atoms with Crippen molar-refractivity contribution in [1.29, 1.82) is 0 Å². The average molecular weight is 344 g/mol. The van der Waals surface area contributed by atoms with Gasteiger partial charge in [0.05, 0.1) is 36.7 Å². The lowest BCUT2D eigenvalue weighted by Crippen LogP contribution is -2.53. The third-order valence-corrected chi connectivity index (χ3v) is 4.32. The quantitative estimate of drug-likeness (QED) is 0.878. The van der Waals surface area contributed by atoms with Gasteiger partial charge in [0.2, 0.25) is 5.91 Å². The predicted octanol–water partition coefficient (Wildman–Crippen LogP) is 0.739. The molecule has 1 atom stereocenters. The Hall–Kier alpha value is -2.74. The zero-order chi connectivity index (χ0) is 18.0. The second-order valence-corrected chi connectivity index (χ2v) is 6.06. The number of hydrogen-bond donors (Lipinski definition) is 1. The Morgan fingerprint density at radius 3 is 2.68 bits per heavy atom. The van der Waals surface area contributed by atoms with Crippen LogP contribution >= 0.6 is 0 Å². The van der Waals surface area contributed by atoms with Crippen LogP contribution in [0.15, 0.2) is 24.3 Å². The highest BCUT2D eigenvalue weighted by molar-refractivity contribution is 5.85. The molecule has 0 radical (unpaired) electrons. The highest BCUT2D eigenvalue weighted by Gasteiger charge is 2.33. The number of aromatic nitrogens is 3. The normalized spacial score (nSPS) is 17.5. The molecule has 8 heteroatoms. The van der Waals surface area contributed by atoms with E-state index in [1.54, 1.807) is 4.68 Å². The molecule has 0 unspecified atom stereocenters. The molecule has 0 spiro atoms. The number of aliphatic carboxylic acids is 1. The molecule has 1 aromatic heterocycles. The van der Waals surface area contributed by atoms with Crippen LogP contribution in [0.3, 0.4) is 0 Å². The molecule has 2 aromatic rings. The van der Waals surface area contributed by atoms with Crippen LogP contribution in [-0.4, -0.2) is 62.7 Å². The van der Waals surface area contributed by atoms with Crippen molar-refractivity contribution in [3.8, 4) is 5.69 Å². The average Bonchev–Trinajstić information content (AvgIpc) is 2.96. The van der Waals surface area contributed by atoms with Gasteiger partial charge in [0.25, 0.3) is 0 Å². The molecule has 1 fully saturated rings. The number of carbonyl (C=O) groups is 2. The topological polar surface area (TPSA) is 97.5 Å². The van der Waals surface area contributed by atoms with Crippen LogP contribution in [0.4, 0.5) is 0 Å². The van der Waals surface area contributed by atoms with Crippen molar-refractivity contribution < 1.29 is 19.4 Å². The number of carbonyl (C=O) groups excluding carboxylic acids is 1. The number of benzene rings is 1. The van der Waals surface area contributed by atoms with Crippen LogP contribution in [0.25, 0.3) is 5.69 Å². The number of ether oxygens (including phenoxy) is 1. The van der Waals surface area contributed by atoms with Crippen LogP contribution < -0.4 is 0 Å². The molecule has 0 saturated carbocycles. The van der Waals surface area contributed by atoms with Gasteiger partial charge in [0.1, 0.15) is 0 Å². The van der Waals surface area contributed by atoms with E-state index < -0.39 is 12.0 Å². The predicted molar refractivity (Wildman–Crippen MR) is 88.5 cm³/mol. The van der Waals surface area contributed by atoms with Crippen molar-refractivity contribution in [2.45, 2.75) is 26.3 Å². The molecule has 2 heterocycles. The summed E-state index contributed by atoms with van der Waals surface area (Å²) in [6.45, 7) is 4.46. The van der Waals surface area contributed by atoms with E-state index in [1.807, 2.05) is 38.1 Å². The summed E-state index contributed by atoms with van der Waals surface area (Å²) in [6.07, 6.45) is 0.0154. The summed E-state index contributed by atoms with van der Waals surface area (Å²) in [6, 6.07) is 6.88. The van der Waals surface area contributed by atoms with Crippen molar-refractivity contribution in [2.75, 3.05) is 19.8 Å². The monoisotopic (exact) mass is 344 g/mol. The molecular formula is C17H20N4O4. The van der Waals surface area contributed by atoms with E-state index in [1.165, 1.54) is 4.90 Å². The third kappa shape index (κ3) is 3.53. The number of rotatable bonds is 4. The van der Waals surface area contributed by atoms with E-state index in [2.05, 4.69) is 10.3 Å². The van der Waals surface area contributed by atoms with E-state index in [-0.39, 0.29) is 25.5 Å². The van der Waals surface area contributed by atoms with E-state index in [0.29, 0.717) is 12.3 Å². The van der Waals surface area contributed by atoms with Crippen LogP contribution in [0.5, 0.6) is 0 Å². The Bertz CT molecular complexity index is 784. The van der Waals surface area contributed by atoms with Crippen molar-refractivity contribution in [1.82, 2.24) is 19.9 Å². The Labute approximate surface area is 145 Å². The molecule has 1 aliphatic heterocycles. The second-order valence-electron chi connectivity index (χ2n) is 6.06. The highest BCUT2D eigenvalue weighted by atomic mass is 16.5.